The van der Waals surface area contributed by atoms with Gasteiger partial charge >= 0.3 is 0 Å². The second-order valence-corrected chi connectivity index (χ2v) is 8.71. The number of hydrogen-bond donors (Lipinski definition) is 2. The van der Waals surface area contributed by atoms with E-state index in [4.69, 9.17) is 4.74 Å². The van der Waals surface area contributed by atoms with E-state index in [1.165, 1.54) is 36.4 Å². The molecule has 0 spiro atoms. The molecule has 2 aromatic rings. The summed E-state index contributed by atoms with van der Waals surface area (Å²) in [6.45, 7) is 0.818. The molecule has 1 fully saturated rings. The van der Waals surface area contributed by atoms with Crippen molar-refractivity contribution in [3.8, 4) is 0 Å². The van der Waals surface area contributed by atoms with Gasteiger partial charge in [0.1, 0.15) is 5.82 Å². The minimum atomic E-state index is -3.79. The molecule has 27 heavy (non-hydrogen) atoms. The number of ether oxygens (including phenoxy) is 1. The summed E-state index contributed by atoms with van der Waals surface area (Å²) < 4.78 is 46.7. The van der Waals surface area contributed by atoms with Gasteiger partial charge in [-0.3, -0.25) is 4.79 Å². The molecule has 1 atom stereocenters. The highest BCUT2D eigenvalue weighted by molar-refractivity contribution is 9.10. The van der Waals surface area contributed by atoms with Gasteiger partial charge in [-0.2, -0.15) is 0 Å². The number of carbonyl (C=O) groups is 1. The predicted octanol–water partition coefficient (Wildman–Crippen LogP) is 3.30. The van der Waals surface area contributed by atoms with Crippen LogP contribution in [0.1, 0.15) is 23.2 Å². The molecule has 144 valence electrons. The normalized spacial score (nSPS) is 17.0. The molecule has 0 bridgehead atoms. The molecule has 1 heterocycles. The van der Waals surface area contributed by atoms with Gasteiger partial charge in [0.05, 0.1) is 16.6 Å². The maximum Gasteiger partial charge on any atom is 0.256 e. The van der Waals surface area contributed by atoms with E-state index < -0.39 is 21.7 Å². The summed E-state index contributed by atoms with van der Waals surface area (Å²) in [6.07, 6.45) is 1.59. The molecule has 0 radical (unpaired) electrons. The van der Waals surface area contributed by atoms with Gasteiger partial charge in [0, 0.05) is 23.3 Å². The fraction of sp³-hybridized carbons (Fsp3) is 0.278. The first kappa shape index (κ1) is 19.9. The van der Waals surface area contributed by atoms with Gasteiger partial charge in [-0.05, 0) is 65.2 Å². The van der Waals surface area contributed by atoms with E-state index in [1.54, 1.807) is 6.07 Å². The van der Waals surface area contributed by atoms with Crippen LogP contribution in [-0.2, 0) is 14.8 Å². The fourth-order valence-electron chi connectivity index (χ4n) is 2.70. The summed E-state index contributed by atoms with van der Waals surface area (Å²) in [4.78, 5) is 12.5. The van der Waals surface area contributed by atoms with Gasteiger partial charge in [-0.25, -0.2) is 17.5 Å². The van der Waals surface area contributed by atoms with E-state index in [2.05, 4.69) is 26.0 Å². The summed E-state index contributed by atoms with van der Waals surface area (Å²) >= 11 is 3.25. The number of carbonyl (C=O) groups excluding carboxylic acids is 1. The summed E-state index contributed by atoms with van der Waals surface area (Å²) in [5, 5.41) is 2.55. The molecule has 2 N–H and O–H groups in total. The molecule has 1 saturated heterocycles. The SMILES string of the molecule is O=C(Nc1cccc(F)c1)c1cc(S(=O)(=O)NC[C@H]2CCCO2)ccc1Br. The third-order valence-corrected chi connectivity index (χ3v) is 6.21. The third-order valence-electron chi connectivity index (χ3n) is 4.10. The number of amides is 1. The van der Waals surface area contributed by atoms with E-state index in [0.717, 1.165) is 12.8 Å². The Hall–Kier alpha value is -1.81. The Labute approximate surface area is 165 Å². The van der Waals surface area contributed by atoms with E-state index >= 15 is 0 Å². The van der Waals surface area contributed by atoms with Crippen LogP contribution in [0.25, 0.3) is 0 Å². The van der Waals surface area contributed by atoms with Crippen molar-refractivity contribution in [2.24, 2.45) is 0 Å². The lowest BCUT2D eigenvalue weighted by molar-refractivity contribution is 0.102. The molecule has 1 aliphatic rings. The van der Waals surface area contributed by atoms with Crippen LogP contribution in [0, 0.1) is 5.82 Å². The summed E-state index contributed by atoms with van der Waals surface area (Å²) in [6, 6.07) is 9.61. The molecule has 1 amide bonds. The van der Waals surface area contributed by atoms with Crippen LogP contribution in [0.2, 0.25) is 0 Å². The van der Waals surface area contributed by atoms with Gasteiger partial charge in [-0.15, -0.1) is 0 Å². The number of benzene rings is 2. The van der Waals surface area contributed by atoms with Gasteiger partial charge in [0.25, 0.3) is 5.91 Å². The van der Waals surface area contributed by atoms with Crippen molar-refractivity contribution in [3.63, 3.8) is 0 Å². The molecule has 2 aromatic carbocycles. The van der Waals surface area contributed by atoms with Gasteiger partial charge in [-0.1, -0.05) is 6.07 Å². The minimum absolute atomic E-state index is 0.0342. The highest BCUT2D eigenvalue weighted by atomic mass is 79.9. The van der Waals surface area contributed by atoms with E-state index in [-0.39, 0.29) is 28.8 Å². The van der Waals surface area contributed by atoms with Crippen molar-refractivity contribution < 1.29 is 22.3 Å². The zero-order valence-electron chi connectivity index (χ0n) is 14.2. The predicted molar refractivity (Wildman–Crippen MR) is 103 cm³/mol. The van der Waals surface area contributed by atoms with Crippen LogP contribution >= 0.6 is 15.9 Å². The lowest BCUT2D eigenvalue weighted by Gasteiger charge is -2.13. The van der Waals surface area contributed by atoms with Crippen molar-refractivity contribution in [1.82, 2.24) is 4.72 Å². The Balaban J connectivity index is 1.77. The minimum Gasteiger partial charge on any atom is -0.377 e. The monoisotopic (exact) mass is 456 g/mol. The lowest BCUT2D eigenvalue weighted by Crippen LogP contribution is -2.32. The van der Waals surface area contributed by atoms with Crippen molar-refractivity contribution in [2.75, 3.05) is 18.5 Å². The number of nitrogens with one attached hydrogen (secondary N) is 2. The largest absolute Gasteiger partial charge is 0.377 e. The summed E-state index contributed by atoms with van der Waals surface area (Å²) in [5.74, 6) is -1.04. The highest BCUT2D eigenvalue weighted by Gasteiger charge is 2.22. The zero-order valence-corrected chi connectivity index (χ0v) is 16.6. The highest BCUT2D eigenvalue weighted by Crippen LogP contribution is 2.23. The number of halogens is 2. The molecule has 9 heteroatoms. The van der Waals surface area contributed by atoms with Crippen LogP contribution < -0.4 is 10.0 Å². The average molecular weight is 457 g/mol. The van der Waals surface area contributed by atoms with Crippen LogP contribution in [0.15, 0.2) is 51.8 Å². The molecule has 0 aliphatic carbocycles. The Morgan fingerprint density at radius 2 is 2.07 bits per heavy atom. The zero-order chi connectivity index (χ0) is 19.4. The van der Waals surface area contributed by atoms with Crippen LogP contribution in [0.3, 0.4) is 0 Å². The topological polar surface area (TPSA) is 84.5 Å². The number of hydrogen-bond acceptors (Lipinski definition) is 4. The average Bonchev–Trinajstić information content (AvgIpc) is 3.14. The van der Waals surface area contributed by atoms with Crippen molar-refractivity contribution in [3.05, 3.63) is 58.3 Å². The van der Waals surface area contributed by atoms with Gasteiger partial charge in [0.15, 0.2) is 0 Å². The van der Waals surface area contributed by atoms with Crippen molar-refractivity contribution >= 4 is 37.5 Å². The molecule has 0 aromatic heterocycles. The first-order valence-corrected chi connectivity index (χ1v) is 10.6. The van der Waals surface area contributed by atoms with Gasteiger partial charge < -0.3 is 10.1 Å². The van der Waals surface area contributed by atoms with Crippen LogP contribution in [0.5, 0.6) is 0 Å². The van der Waals surface area contributed by atoms with Crippen LogP contribution in [0.4, 0.5) is 10.1 Å². The van der Waals surface area contributed by atoms with E-state index in [0.29, 0.717) is 11.1 Å². The lowest BCUT2D eigenvalue weighted by atomic mass is 10.2. The summed E-state index contributed by atoms with van der Waals surface area (Å²) in [7, 11) is -3.79. The maximum absolute atomic E-state index is 13.3. The van der Waals surface area contributed by atoms with Gasteiger partial charge in [0.2, 0.25) is 10.0 Å². The first-order valence-electron chi connectivity index (χ1n) is 8.33. The first-order chi connectivity index (χ1) is 12.8. The maximum atomic E-state index is 13.3. The Morgan fingerprint density at radius 3 is 2.78 bits per heavy atom. The Bertz CT molecular complexity index is 946. The molecular weight excluding hydrogens is 439 g/mol. The molecule has 0 unspecified atom stereocenters. The molecule has 0 saturated carbocycles. The third kappa shape index (κ3) is 5.13. The Kier molecular flexibility index (Phi) is 6.25. The number of sulfonamides is 1. The second kappa shape index (κ2) is 8.47. The van der Waals surface area contributed by atoms with E-state index in [9.17, 15) is 17.6 Å². The smallest absolute Gasteiger partial charge is 0.256 e. The molecular formula is C18H18BrFN2O4S. The standard InChI is InChI=1S/C18H18BrFN2O4S/c19-17-7-6-15(27(24,25)21-11-14-5-2-8-26-14)10-16(17)18(23)22-13-4-1-3-12(20)9-13/h1,3-4,6-7,9-10,14,21H,2,5,8,11H2,(H,22,23)/t14-/m1/s1. The second-order valence-electron chi connectivity index (χ2n) is 6.09. The number of rotatable bonds is 6. The number of anilines is 1. The van der Waals surface area contributed by atoms with Crippen molar-refractivity contribution in [1.29, 1.82) is 0 Å². The molecule has 1 aliphatic heterocycles. The van der Waals surface area contributed by atoms with Crippen molar-refractivity contribution in [2.45, 2.75) is 23.8 Å². The fourth-order valence-corrected chi connectivity index (χ4v) is 4.22. The quantitative estimate of drug-likeness (QED) is 0.698. The molecule has 6 nitrogen and oxygen atoms in total. The van der Waals surface area contributed by atoms with E-state index in [1.807, 2.05) is 0 Å². The van der Waals surface area contributed by atoms with Crippen LogP contribution in [-0.4, -0.2) is 33.6 Å². The summed E-state index contributed by atoms with van der Waals surface area (Å²) in [5.41, 5.74) is 0.399. The Morgan fingerprint density at radius 1 is 1.26 bits per heavy atom. The molecule has 3 rings (SSSR count).